The monoisotopic (exact) mass is 540 g/mol. The van der Waals surface area contributed by atoms with Crippen LogP contribution in [0.4, 0.5) is 5.13 Å². The Hall–Kier alpha value is -3.97. The van der Waals surface area contributed by atoms with Crippen LogP contribution in [-0.4, -0.2) is 28.4 Å². The van der Waals surface area contributed by atoms with Gasteiger partial charge in [0, 0.05) is 5.56 Å². The predicted molar refractivity (Wildman–Crippen MR) is 156 cm³/mol. The second-order valence-corrected chi connectivity index (χ2v) is 12.2. The van der Waals surface area contributed by atoms with Crippen LogP contribution < -0.4 is 9.64 Å². The molecule has 0 bridgehead atoms. The van der Waals surface area contributed by atoms with Gasteiger partial charge in [0.1, 0.15) is 11.5 Å². The molecule has 4 aromatic rings. The van der Waals surface area contributed by atoms with Gasteiger partial charge in [0.2, 0.25) is 0 Å². The van der Waals surface area contributed by atoms with Gasteiger partial charge >= 0.3 is 5.91 Å². The normalized spacial score (nSPS) is 17.4. The first kappa shape index (κ1) is 26.6. The highest BCUT2D eigenvalue weighted by Crippen LogP contribution is 2.44. The zero-order valence-corrected chi connectivity index (χ0v) is 23.6. The van der Waals surface area contributed by atoms with E-state index in [9.17, 15) is 14.7 Å². The smallest absolute Gasteiger partial charge is 0.301 e. The van der Waals surface area contributed by atoms with E-state index < -0.39 is 17.7 Å². The van der Waals surface area contributed by atoms with Crippen LogP contribution in [0.15, 0.2) is 78.4 Å². The standard InChI is InChI=1S/C32H32N2O4S/c1-19(2)18-38-23-10-8-9-21(17-23)28(35)26-27(20-13-15-22(16-14-20)32(3,4)5)34(30(37)29(26)36)31-33-24-11-6-7-12-25(24)39-31/h6-17,19,27,35H,18H2,1-5H3/b28-26+. The van der Waals surface area contributed by atoms with E-state index in [2.05, 4.69) is 39.6 Å². The van der Waals surface area contributed by atoms with Gasteiger partial charge in [-0.05, 0) is 46.7 Å². The molecule has 0 saturated carbocycles. The number of thiazole rings is 1. The number of ether oxygens (including phenoxy) is 1. The number of aliphatic hydroxyl groups excluding tert-OH is 1. The van der Waals surface area contributed by atoms with Crippen LogP contribution in [0, 0.1) is 5.92 Å². The number of amides is 1. The number of fused-ring (bicyclic) bond motifs is 1. The minimum Gasteiger partial charge on any atom is -0.507 e. The fraction of sp³-hybridized carbons (Fsp3) is 0.281. The zero-order chi connectivity index (χ0) is 27.9. The van der Waals surface area contributed by atoms with E-state index >= 15 is 0 Å². The van der Waals surface area contributed by atoms with Crippen molar-refractivity contribution < 1.29 is 19.4 Å². The Bertz CT molecular complexity index is 1540. The summed E-state index contributed by atoms with van der Waals surface area (Å²) in [4.78, 5) is 33.2. The van der Waals surface area contributed by atoms with Gasteiger partial charge < -0.3 is 9.84 Å². The lowest BCUT2D eigenvalue weighted by atomic mass is 9.85. The van der Waals surface area contributed by atoms with Gasteiger partial charge in [-0.25, -0.2) is 4.98 Å². The van der Waals surface area contributed by atoms with E-state index in [4.69, 9.17) is 4.74 Å². The van der Waals surface area contributed by atoms with Gasteiger partial charge in [0.05, 0.1) is 28.4 Å². The first-order chi connectivity index (χ1) is 18.5. The summed E-state index contributed by atoms with van der Waals surface area (Å²) in [6.45, 7) is 11.0. The molecule has 1 atom stereocenters. The van der Waals surface area contributed by atoms with E-state index in [1.165, 1.54) is 16.2 Å². The number of para-hydroxylation sites is 1. The maximum atomic E-state index is 13.6. The van der Waals surface area contributed by atoms with Crippen LogP contribution in [0.1, 0.15) is 57.4 Å². The molecule has 1 aliphatic rings. The summed E-state index contributed by atoms with van der Waals surface area (Å²) >= 11 is 1.34. The topological polar surface area (TPSA) is 79.7 Å². The summed E-state index contributed by atoms with van der Waals surface area (Å²) < 4.78 is 6.75. The summed E-state index contributed by atoms with van der Waals surface area (Å²) in [7, 11) is 0. The molecule has 1 unspecified atom stereocenters. The van der Waals surface area contributed by atoms with Gasteiger partial charge in [0.25, 0.3) is 5.78 Å². The lowest BCUT2D eigenvalue weighted by molar-refractivity contribution is -0.132. The summed E-state index contributed by atoms with van der Waals surface area (Å²) in [6, 6.07) is 21.6. The van der Waals surface area contributed by atoms with Crippen molar-refractivity contribution in [3.05, 3.63) is 95.1 Å². The van der Waals surface area contributed by atoms with Crippen LogP contribution in [0.25, 0.3) is 16.0 Å². The lowest BCUT2D eigenvalue weighted by Gasteiger charge is -2.24. The van der Waals surface area contributed by atoms with E-state index in [1.807, 2.05) is 54.6 Å². The first-order valence-electron chi connectivity index (χ1n) is 13.0. The average molecular weight is 541 g/mol. The fourth-order valence-corrected chi connectivity index (χ4v) is 5.62. The summed E-state index contributed by atoms with van der Waals surface area (Å²) in [5, 5.41) is 12.0. The lowest BCUT2D eigenvalue weighted by Crippen LogP contribution is -2.29. The summed E-state index contributed by atoms with van der Waals surface area (Å²) in [5.41, 5.74) is 2.97. The zero-order valence-electron chi connectivity index (χ0n) is 22.8. The van der Waals surface area contributed by atoms with Crippen LogP contribution in [0.3, 0.4) is 0 Å². The molecule has 0 radical (unpaired) electrons. The maximum Gasteiger partial charge on any atom is 0.301 e. The molecule has 0 spiro atoms. The molecule has 39 heavy (non-hydrogen) atoms. The fourth-order valence-electron chi connectivity index (χ4n) is 4.63. The summed E-state index contributed by atoms with van der Waals surface area (Å²) in [6.07, 6.45) is 0. The van der Waals surface area contributed by atoms with Gasteiger partial charge in [0.15, 0.2) is 5.13 Å². The Morgan fingerprint density at radius 3 is 2.41 bits per heavy atom. The largest absolute Gasteiger partial charge is 0.507 e. The Morgan fingerprint density at radius 1 is 1.03 bits per heavy atom. The quantitative estimate of drug-likeness (QED) is 0.158. The van der Waals surface area contributed by atoms with Gasteiger partial charge in [-0.2, -0.15) is 0 Å². The number of hydrogen-bond acceptors (Lipinski definition) is 6. The molecule has 1 amide bonds. The third kappa shape index (κ3) is 5.19. The van der Waals surface area contributed by atoms with E-state index in [-0.39, 0.29) is 16.7 Å². The molecule has 7 heteroatoms. The molecule has 1 fully saturated rings. The second-order valence-electron chi connectivity index (χ2n) is 11.2. The molecule has 3 aromatic carbocycles. The highest BCUT2D eigenvalue weighted by atomic mass is 32.1. The first-order valence-corrected chi connectivity index (χ1v) is 13.9. The third-order valence-electron chi connectivity index (χ3n) is 6.72. The third-order valence-corrected chi connectivity index (χ3v) is 7.75. The van der Waals surface area contributed by atoms with Crippen molar-refractivity contribution >= 4 is 44.1 Å². The molecule has 2 heterocycles. The Kier molecular flexibility index (Phi) is 7.03. The van der Waals surface area contributed by atoms with Crippen molar-refractivity contribution in [2.24, 2.45) is 5.92 Å². The second kappa shape index (κ2) is 10.3. The molecular formula is C32H32N2O4S. The minimum atomic E-state index is -0.834. The highest BCUT2D eigenvalue weighted by molar-refractivity contribution is 7.22. The van der Waals surface area contributed by atoms with Crippen LogP contribution in [-0.2, 0) is 15.0 Å². The van der Waals surface area contributed by atoms with Gasteiger partial charge in [-0.15, -0.1) is 0 Å². The van der Waals surface area contributed by atoms with Crippen molar-refractivity contribution in [2.45, 2.75) is 46.1 Å². The number of carbonyl (C=O) groups is 2. The molecule has 1 aliphatic heterocycles. The van der Waals surface area contributed by atoms with Crippen molar-refractivity contribution in [3.8, 4) is 5.75 Å². The highest BCUT2D eigenvalue weighted by Gasteiger charge is 2.48. The van der Waals surface area contributed by atoms with Gasteiger partial charge in [-0.3, -0.25) is 14.5 Å². The molecule has 1 N–H and O–H groups in total. The molecule has 5 rings (SSSR count). The van der Waals surface area contributed by atoms with Crippen molar-refractivity contribution in [1.82, 2.24) is 4.98 Å². The minimum absolute atomic E-state index is 0.0313. The van der Waals surface area contributed by atoms with Crippen molar-refractivity contribution in [3.63, 3.8) is 0 Å². The number of benzene rings is 3. The maximum absolute atomic E-state index is 13.6. The molecule has 0 aliphatic carbocycles. The van der Waals surface area contributed by atoms with E-state index in [0.717, 1.165) is 21.3 Å². The van der Waals surface area contributed by atoms with Crippen LogP contribution in [0.2, 0.25) is 0 Å². The molecule has 200 valence electrons. The Balaban J connectivity index is 1.66. The number of ketones is 1. The number of anilines is 1. The van der Waals surface area contributed by atoms with Crippen LogP contribution in [0.5, 0.6) is 5.75 Å². The SMILES string of the molecule is CC(C)COc1cccc(/C(O)=C2\C(=O)C(=O)N(c3nc4ccccc4s3)C2c2ccc(C(C)(C)C)cc2)c1. The number of hydrogen-bond donors (Lipinski definition) is 1. The Morgan fingerprint density at radius 2 is 1.74 bits per heavy atom. The van der Waals surface area contributed by atoms with Crippen molar-refractivity contribution in [1.29, 1.82) is 0 Å². The Labute approximate surface area is 232 Å². The molecule has 1 saturated heterocycles. The van der Waals surface area contributed by atoms with Crippen molar-refractivity contribution in [2.75, 3.05) is 11.5 Å². The van der Waals surface area contributed by atoms with E-state index in [0.29, 0.717) is 29.0 Å². The van der Waals surface area contributed by atoms with Crippen LogP contribution >= 0.6 is 11.3 Å². The average Bonchev–Trinajstić information content (AvgIpc) is 3.45. The summed E-state index contributed by atoms with van der Waals surface area (Å²) in [5.74, 6) is -0.786. The number of aromatic nitrogens is 1. The number of rotatable bonds is 6. The molecule has 1 aromatic heterocycles. The van der Waals surface area contributed by atoms with E-state index in [1.54, 1.807) is 18.2 Å². The van der Waals surface area contributed by atoms with Gasteiger partial charge in [-0.1, -0.05) is 94.5 Å². The number of carbonyl (C=O) groups excluding carboxylic acids is 2. The number of aliphatic hydroxyl groups is 1. The number of nitrogens with zero attached hydrogens (tertiary/aromatic N) is 2. The molecule has 6 nitrogen and oxygen atoms in total. The number of Topliss-reactive ketones (excluding diaryl/α,β-unsaturated/α-hetero) is 1. The predicted octanol–water partition coefficient (Wildman–Crippen LogP) is 7.25. The molecular weight excluding hydrogens is 508 g/mol.